The summed E-state index contributed by atoms with van der Waals surface area (Å²) in [6.45, 7) is 3.28. The third kappa shape index (κ3) is 3.09. The van der Waals surface area contributed by atoms with Crippen molar-refractivity contribution in [1.29, 1.82) is 0 Å². The number of carbonyl (C=O) groups is 1. The van der Waals surface area contributed by atoms with Gasteiger partial charge in [0.2, 0.25) is 11.8 Å². The number of fused-ring (bicyclic) bond motifs is 1. The Morgan fingerprint density at radius 2 is 2.17 bits per heavy atom. The number of benzene rings is 1. The molecule has 2 aromatic heterocycles. The van der Waals surface area contributed by atoms with Gasteiger partial charge in [0.05, 0.1) is 6.04 Å². The zero-order valence-corrected chi connectivity index (χ0v) is 13.4. The van der Waals surface area contributed by atoms with E-state index in [1.54, 1.807) is 13.8 Å². The number of H-pyrrole nitrogens is 1. The number of nitrogens with one attached hydrogen (secondary N) is 2. The van der Waals surface area contributed by atoms with E-state index < -0.39 is 17.7 Å². The minimum atomic E-state index is -1.16. The smallest absolute Gasteiger partial charge is 0.405 e. The Morgan fingerprint density at radius 1 is 1.42 bits per heavy atom. The molecule has 0 saturated carbocycles. The maximum Gasteiger partial charge on any atom is 0.405 e. The summed E-state index contributed by atoms with van der Waals surface area (Å²) in [7, 11) is 0. The zero-order valence-electron chi connectivity index (χ0n) is 13.4. The number of aromatic amines is 1. The van der Waals surface area contributed by atoms with E-state index in [0.29, 0.717) is 6.42 Å². The molecule has 0 radical (unpaired) electrons. The van der Waals surface area contributed by atoms with Crippen molar-refractivity contribution >= 4 is 17.0 Å². The molecule has 3 aromatic rings. The highest BCUT2D eigenvalue weighted by Gasteiger charge is 2.30. The Hall–Kier alpha value is -2.87. The molecular weight excluding hydrogens is 310 g/mol. The fourth-order valence-corrected chi connectivity index (χ4v) is 2.58. The number of carboxylic acid groups (broad SMARTS) is 1. The van der Waals surface area contributed by atoms with E-state index in [0.717, 1.165) is 16.5 Å². The predicted molar refractivity (Wildman–Crippen MR) is 87.4 cm³/mol. The average molecular weight is 329 g/mol. The van der Waals surface area contributed by atoms with Crippen LogP contribution in [0.2, 0.25) is 0 Å². The van der Waals surface area contributed by atoms with E-state index in [1.807, 2.05) is 30.5 Å². The molecule has 0 saturated heterocycles. The third-order valence-electron chi connectivity index (χ3n) is 3.83. The highest BCUT2D eigenvalue weighted by atomic mass is 16.4. The van der Waals surface area contributed by atoms with Crippen molar-refractivity contribution in [3.05, 3.63) is 47.8 Å². The molecule has 1 amide bonds. The van der Waals surface area contributed by atoms with Crippen molar-refractivity contribution in [2.24, 2.45) is 5.73 Å². The number of rotatable bonds is 5. The Morgan fingerprint density at radius 3 is 2.92 bits per heavy atom. The second-order valence-electron chi connectivity index (χ2n) is 6.17. The highest BCUT2D eigenvalue weighted by molar-refractivity contribution is 5.83. The number of nitrogens with two attached hydrogens (primary N) is 1. The van der Waals surface area contributed by atoms with Crippen LogP contribution in [0.3, 0.4) is 0 Å². The Bertz CT molecular complexity index is 867. The van der Waals surface area contributed by atoms with Crippen molar-refractivity contribution in [3.63, 3.8) is 0 Å². The first-order chi connectivity index (χ1) is 11.4. The Balaban J connectivity index is 1.79. The molecule has 0 aliphatic rings. The molecule has 3 rings (SSSR count). The molecule has 5 N–H and O–H groups in total. The Labute approximate surface area is 138 Å². The normalized spacial score (nSPS) is 13.1. The van der Waals surface area contributed by atoms with Gasteiger partial charge in [-0.15, -0.1) is 10.2 Å². The first-order valence-electron chi connectivity index (χ1n) is 7.52. The lowest BCUT2D eigenvalue weighted by Gasteiger charge is -2.19. The number of nitrogens with zero attached hydrogens (tertiary/aromatic N) is 2. The fourth-order valence-electron chi connectivity index (χ4n) is 2.58. The van der Waals surface area contributed by atoms with E-state index in [9.17, 15) is 4.79 Å². The summed E-state index contributed by atoms with van der Waals surface area (Å²) in [6.07, 6.45) is 1.28. The monoisotopic (exact) mass is 329 g/mol. The Kier molecular flexibility index (Phi) is 3.98. The number of hydrogen-bond acceptors (Lipinski definition) is 5. The van der Waals surface area contributed by atoms with Gasteiger partial charge >= 0.3 is 6.09 Å². The lowest BCUT2D eigenvalue weighted by Crippen LogP contribution is -2.40. The van der Waals surface area contributed by atoms with Gasteiger partial charge in [0, 0.05) is 17.1 Å². The first kappa shape index (κ1) is 16.0. The summed E-state index contributed by atoms with van der Waals surface area (Å²) in [6, 6.07) is 7.47. The number of para-hydroxylation sites is 1. The molecule has 0 aliphatic heterocycles. The molecule has 0 unspecified atom stereocenters. The van der Waals surface area contributed by atoms with Gasteiger partial charge in [-0.1, -0.05) is 18.2 Å². The predicted octanol–water partition coefficient (Wildman–Crippen LogP) is 2.30. The second kappa shape index (κ2) is 5.97. The number of amides is 1. The molecule has 0 spiro atoms. The van der Waals surface area contributed by atoms with Crippen molar-refractivity contribution in [2.75, 3.05) is 0 Å². The van der Waals surface area contributed by atoms with Crippen LogP contribution in [0.25, 0.3) is 10.9 Å². The van der Waals surface area contributed by atoms with Gasteiger partial charge in [-0.3, -0.25) is 0 Å². The third-order valence-corrected chi connectivity index (χ3v) is 3.83. The van der Waals surface area contributed by atoms with Gasteiger partial charge in [0.1, 0.15) is 5.54 Å². The molecule has 8 nitrogen and oxygen atoms in total. The van der Waals surface area contributed by atoms with Crippen LogP contribution in [0.1, 0.15) is 37.2 Å². The standard InChI is InChI=1S/C16H19N5O3/c1-16(2,19-15(22)23)14-21-20-13(24-14)11(17)7-9-8-18-12-6-4-3-5-10(9)12/h3-6,8,11,18-19H,7,17H2,1-2H3,(H,22,23)/t11-/m0/s1. The largest absolute Gasteiger partial charge is 0.465 e. The van der Waals surface area contributed by atoms with Crippen LogP contribution in [0.15, 0.2) is 34.9 Å². The van der Waals surface area contributed by atoms with Crippen LogP contribution in [0.5, 0.6) is 0 Å². The minimum absolute atomic E-state index is 0.175. The van der Waals surface area contributed by atoms with Crippen molar-refractivity contribution in [2.45, 2.75) is 31.8 Å². The topological polar surface area (TPSA) is 130 Å². The van der Waals surface area contributed by atoms with Crippen LogP contribution >= 0.6 is 0 Å². The average Bonchev–Trinajstić information content (AvgIpc) is 3.14. The van der Waals surface area contributed by atoms with Crippen LogP contribution in [-0.4, -0.2) is 26.4 Å². The summed E-state index contributed by atoms with van der Waals surface area (Å²) in [4.78, 5) is 14.0. The summed E-state index contributed by atoms with van der Waals surface area (Å²) >= 11 is 0. The van der Waals surface area contributed by atoms with Crippen LogP contribution in [-0.2, 0) is 12.0 Å². The maximum atomic E-state index is 10.8. The van der Waals surface area contributed by atoms with E-state index in [-0.39, 0.29) is 11.8 Å². The van der Waals surface area contributed by atoms with Gasteiger partial charge in [-0.25, -0.2) is 4.79 Å². The summed E-state index contributed by atoms with van der Waals surface area (Å²) in [5.41, 5.74) is 7.30. The summed E-state index contributed by atoms with van der Waals surface area (Å²) in [5.74, 6) is 0.449. The summed E-state index contributed by atoms with van der Waals surface area (Å²) in [5, 5.41) is 20.2. The van der Waals surface area contributed by atoms with Gasteiger partial charge in [0.25, 0.3) is 0 Å². The quantitative estimate of drug-likeness (QED) is 0.568. The SMILES string of the molecule is CC(C)(NC(=O)O)c1nnc([C@@H](N)Cc2c[nH]c3ccccc23)o1. The first-order valence-corrected chi connectivity index (χ1v) is 7.52. The fraction of sp³-hybridized carbons (Fsp3) is 0.312. The molecule has 8 heteroatoms. The van der Waals surface area contributed by atoms with E-state index in [1.165, 1.54) is 0 Å². The number of aromatic nitrogens is 3. The lowest BCUT2D eigenvalue weighted by atomic mass is 10.1. The highest BCUT2D eigenvalue weighted by Crippen LogP contribution is 2.25. The van der Waals surface area contributed by atoms with E-state index in [2.05, 4.69) is 20.5 Å². The maximum absolute atomic E-state index is 10.8. The van der Waals surface area contributed by atoms with Crippen LogP contribution in [0, 0.1) is 0 Å². The zero-order chi connectivity index (χ0) is 17.3. The van der Waals surface area contributed by atoms with E-state index >= 15 is 0 Å². The number of hydrogen-bond donors (Lipinski definition) is 4. The van der Waals surface area contributed by atoms with E-state index in [4.69, 9.17) is 15.3 Å². The molecule has 24 heavy (non-hydrogen) atoms. The molecule has 2 heterocycles. The molecular formula is C16H19N5O3. The van der Waals surface area contributed by atoms with Gasteiger partial charge in [-0.05, 0) is 31.9 Å². The second-order valence-corrected chi connectivity index (χ2v) is 6.17. The molecule has 0 fully saturated rings. The molecule has 1 aromatic carbocycles. The summed E-state index contributed by atoms with van der Waals surface area (Å²) < 4.78 is 5.59. The van der Waals surface area contributed by atoms with Crippen LogP contribution < -0.4 is 11.1 Å². The molecule has 1 atom stereocenters. The molecule has 0 bridgehead atoms. The lowest BCUT2D eigenvalue weighted by molar-refractivity contribution is 0.175. The minimum Gasteiger partial charge on any atom is -0.465 e. The molecule has 0 aliphatic carbocycles. The van der Waals surface area contributed by atoms with Gasteiger partial charge in [-0.2, -0.15) is 0 Å². The van der Waals surface area contributed by atoms with Gasteiger partial charge in [0.15, 0.2) is 0 Å². The van der Waals surface area contributed by atoms with Crippen molar-refractivity contribution in [3.8, 4) is 0 Å². The van der Waals surface area contributed by atoms with Crippen molar-refractivity contribution < 1.29 is 14.3 Å². The van der Waals surface area contributed by atoms with Crippen molar-refractivity contribution in [1.82, 2.24) is 20.5 Å². The van der Waals surface area contributed by atoms with Gasteiger partial charge < -0.3 is 25.6 Å². The van der Waals surface area contributed by atoms with Crippen LogP contribution in [0.4, 0.5) is 4.79 Å². The molecule has 126 valence electrons.